The van der Waals surface area contributed by atoms with E-state index in [-0.39, 0.29) is 5.56 Å². The molecule has 2 aromatic carbocycles. The Morgan fingerprint density at radius 2 is 1.75 bits per heavy atom. The van der Waals surface area contributed by atoms with Crippen molar-refractivity contribution in [1.29, 1.82) is 0 Å². The van der Waals surface area contributed by atoms with E-state index in [4.69, 9.17) is 4.74 Å². The van der Waals surface area contributed by atoms with Gasteiger partial charge in [0, 0.05) is 10.9 Å². The number of rotatable bonds is 3. The molecule has 4 nitrogen and oxygen atoms in total. The van der Waals surface area contributed by atoms with Crippen LogP contribution in [0.2, 0.25) is 0 Å². The first-order valence-electron chi connectivity index (χ1n) is 6.51. The second-order valence-electron chi connectivity index (χ2n) is 4.38. The number of hydrogen-bond donors (Lipinski definition) is 1. The number of H-pyrrole nitrogens is 1. The average Bonchev–Trinajstić information content (AvgIpc) is 2.49. The Morgan fingerprint density at radius 3 is 2.55 bits per heavy atom. The minimum absolute atomic E-state index is 0.182. The number of fused-ring (bicyclic) bond motifs is 1. The molecule has 1 N–H and O–H groups in total. The van der Waals surface area contributed by atoms with Crippen molar-refractivity contribution in [3.8, 4) is 17.0 Å². The van der Waals surface area contributed by atoms with E-state index in [1.165, 1.54) is 0 Å². The zero-order valence-electron chi connectivity index (χ0n) is 11.1. The normalized spacial score (nSPS) is 10.7. The van der Waals surface area contributed by atoms with Gasteiger partial charge in [-0.25, -0.2) is 5.10 Å². The highest BCUT2D eigenvalue weighted by Gasteiger charge is 2.12. The van der Waals surface area contributed by atoms with Crippen molar-refractivity contribution in [2.45, 2.75) is 6.92 Å². The van der Waals surface area contributed by atoms with E-state index in [1.54, 1.807) is 6.07 Å². The van der Waals surface area contributed by atoms with Crippen molar-refractivity contribution in [2.24, 2.45) is 0 Å². The number of hydrogen-bond acceptors (Lipinski definition) is 3. The molecule has 0 atom stereocenters. The lowest BCUT2D eigenvalue weighted by Crippen LogP contribution is -2.09. The maximum absolute atomic E-state index is 11.8. The lowest BCUT2D eigenvalue weighted by Gasteiger charge is -2.10. The Balaban J connectivity index is 2.31. The summed E-state index contributed by atoms with van der Waals surface area (Å²) in [5.74, 6) is 0.764. The molecular weight excluding hydrogens is 252 g/mol. The van der Waals surface area contributed by atoms with E-state index >= 15 is 0 Å². The van der Waals surface area contributed by atoms with Gasteiger partial charge in [-0.3, -0.25) is 4.79 Å². The van der Waals surface area contributed by atoms with Crippen LogP contribution in [0.5, 0.6) is 5.75 Å². The lowest BCUT2D eigenvalue weighted by molar-refractivity contribution is 0.341. The predicted molar refractivity (Wildman–Crippen MR) is 79.0 cm³/mol. The quantitative estimate of drug-likeness (QED) is 0.793. The average molecular weight is 266 g/mol. The van der Waals surface area contributed by atoms with Crippen LogP contribution in [0.4, 0.5) is 0 Å². The van der Waals surface area contributed by atoms with Crippen LogP contribution in [0.25, 0.3) is 22.0 Å². The highest BCUT2D eigenvalue weighted by atomic mass is 16.5. The van der Waals surface area contributed by atoms with Crippen LogP contribution >= 0.6 is 0 Å². The number of ether oxygens (including phenoxy) is 1. The molecule has 0 bridgehead atoms. The first kappa shape index (κ1) is 12.4. The first-order chi connectivity index (χ1) is 9.81. The summed E-state index contributed by atoms with van der Waals surface area (Å²) in [7, 11) is 0. The van der Waals surface area contributed by atoms with Crippen LogP contribution < -0.4 is 10.3 Å². The van der Waals surface area contributed by atoms with Crippen molar-refractivity contribution in [2.75, 3.05) is 6.61 Å². The Morgan fingerprint density at radius 1 is 1.05 bits per heavy atom. The van der Waals surface area contributed by atoms with Crippen LogP contribution in [-0.2, 0) is 0 Å². The molecule has 4 heteroatoms. The molecule has 0 unspecified atom stereocenters. The van der Waals surface area contributed by atoms with Crippen LogP contribution in [0, 0.1) is 0 Å². The molecule has 100 valence electrons. The molecule has 1 heterocycles. The number of aromatic nitrogens is 2. The van der Waals surface area contributed by atoms with E-state index in [0.717, 1.165) is 22.4 Å². The maximum Gasteiger partial charge on any atom is 0.272 e. The summed E-state index contributed by atoms with van der Waals surface area (Å²) in [6.45, 7) is 2.52. The summed E-state index contributed by atoms with van der Waals surface area (Å²) in [5, 5.41) is 8.20. The summed E-state index contributed by atoms with van der Waals surface area (Å²) < 4.78 is 5.64. The summed E-state index contributed by atoms with van der Waals surface area (Å²) >= 11 is 0. The number of aromatic amines is 1. The number of nitrogens with one attached hydrogen (secondary N) is 1. The van der Waals surface area contributed by atoms with Gasteiger partial charge in [0.2, 0.25) is 0 Å². The van der Waals surface area contributed by atoms with Gasteiger partial charge in [0.1, 0.15) is 11.4 Å². The van der Waals surface area contributed by atoms with Gasteiger partial charge in [0.15, 0.2) is 0 Å². The highest BCUT2D eigenvalue weighted by Crippen LogP contribution is 2.31. The SMILES string of the molecule is CCOc1ccccc1-c1n[nH]c(=O)c2ccccc12. The molecule has 0 saturated heterocycles. The van der Waals surface area contributed by atoms with Gasteiger partial charge in [-0.15, -0.1) is 0 Å². The first-order valence-corrected chi connectivity index (χ1v) is 6.51. The zero-order valence-corrected chi connectivity index (χ0v) is 11.1. The number of para-hydroxylation sites is 1. The Bertz CT molecular complexity index is 809. The second-order valence-corrected chi connectivity index (χ2v) is 4.38. The summed E-state index contributed by atoms with van der Waals surface area (Å²) in [6.07, 6.45) is 0. The highest BCUT2D eigenvalue weighted by molar-refractivity contribution is 5.94. The largest absolute Gasteiger partial charge is 0.493 e. The van der Waals surface area contributed by atoms with Crippen LogP contribution in [-0.4, -0.2) is 16.8 Å². The Kier molecular flexibility index (Phi) is 3.21. The van der Waals surface area contributed by atoms with Crippen LogP contribution in [0.1, 0.15) is 6.92 Å². The van der Waals surface area contributed by atoms with Gasteiger partial charge in [0.25, 0.3) is 5.56 Å². The van der Waals surface area contributed by atoms with E-state index in [2.05, 4.69) is 10.2 Å². The molecule has 0 aliphatic heterocycles. The third-order valence-corrected chi connectivity index (χ3v) is 3.14. The van der Waals surface area contributed by atoms with Gasteiger partial charge in [-0.1, -0.05) is 30.3 Å². The van der Waals surface area contributed by atoms with Gasteiger partial charge in [0.05, 0.1) is 12.0 Å². The molecule has 0 aliphatic rings. The van der Waals surface area contributed by atoms with Gasteiger partial charge in [-0.05, 0) is 25.1 Å². The van der Waals surface area contributed by atoms with E-state index in [0.29, 0.717) is 12.0 Å². The molecule has 0 saturated carbocycles. The van der Waals surface area contributed by atoms with Crippen LogP contribution in [0.3, 0.4) is 0 Å². The van der Waals surface area contributed by atoms with E-state index in [9.17, 15) is 4.79 Å². The smallest absolute Gasteiger partial charge is 0.272 e. The predicted octanol–water partition coefficient (Wildman–Crippen LogP) is 2.99. The molecule has 3 rings (SSSR count). The Labute approximate surface area is 116 Å². The third-order valence-electron chi connectivity index (χ3n) is 3.14. The minimum atomic E-state index is -0.182. The van der Waals surface area contributed by atoms with Crippen LogP contribution in [0.15, 0.2) is 53.3 Å². The van der Waals surface area contributed by atoms with E-state index in [1.807, 2.05) is 49.4 Å². The molecule has 0 aliphatic carbocycles. The number of nitrogens with zero attached hydrogens (tertiary/aromatic N) is 1. The topological polar surface area (TPSA) is 55.0 Å². The molecular formula is C16H14N2O2. The fraction of sp³-hybridized carbons (Fsp3) is 0.125. The fourth-order valence-corrected chi connectivity index (χ4v) is 2.26. The third kappa shape index (κ3) is 2.05. The van der Waals surface area contributed by atoms with Crippen molar-refractivity contribution < 1.29 is 4.74 Å². The monoisotopic (exact) mass is 266 g/mol. The summed E-state index contributed by atoms with van der Waals surface area (Å²) in [5.41, 5.74) is 1.42. The number of benzene rings is 2. The van der Waals surface area contributed by atoms with Gasteiger partial charge in [-0.2, -0.15) is 5.10 Å². The standard InChI is InChI=1S/C16H14N2O2/c1-2-20-14-10-6-5-9-13(14)15-11-7-3-4-8-12(11)16(19)18-17-15/h3-10H,2H2,1H3,(H,18,19). The van der Waals surface area contributed by atoms with Crippen molar-refractivity contribution in [3.63, 3.8) is 0 Å². The summed E-state index contributed by atoms with van der Waals surface area (Å²) in [6, 6.07) is 15.1. The van der Waals surface area contributed by atoms with Gasteiger partial charge < -0.3 is 4.74 Å². The molecule has 0 fully saturated rings. The molecule has 0 amide bonds. The Hall–Kier alpha value is -2.62. The fourth-order valence-electron chi connectivity index (χ4n) is 2.26. The molecule has 0 spiro atoms. The molecule has 0 radical (unpaired) electrons. The lowest BCUT2D eigenvalue weighted by atomic mass is 10.0. The molecule has 20 heavy (non-hydrogen) atoms. The minimum Gasteiger partial charge on any atom is -0.493 e. The zero-order chi connectivity index (χ0) is 13.9. The van der Waals surface area contributed by atoms with Gasteiger partial charge >= 0.3 is 0 Å². The van der Waals surface area contributed by atoms with Crippen molar-refractivity contribution >= 4 is 10.8 Å². The van der Waals surface area contributed by atoms with E-state index < -0.39 is 0 Å². The second kappa shape index (κ2) is 5.17. The summed E-state index contributed by atoms with van der Waals surface area (Å²) in [4.78, 5) is 11.8. The molecule has 1 aromatic heterocycles. The maximum atomic E-state index is 11.8. The molecule has 3 aromatic rings. The van der Waals surface area contributed by atoms with Crippen molar-refractivity contribution in [3.05, 3.63) is 58.9 Å². The van der Waals surface area contributed by atoms with Crippen molar-refractivity contribution in [1.82, 2.24) is 10.2 Å².